The Labute approximate surface area is 105 Å². The lowest BCUT2D eigenvalue weighted by Gasteiger charge is -2.39. The molecule has 0 bridgehead atoms. The third kappa shape index (κ3) is 2.19. The predicted octanol–water partition coefficient (Wildman–Crippen LogP) is 3.70. The zero-order valence-electron chi connectivity index (χ0n) is 11.9. The van der Waals surface area contributed by atoms with Gasteiger partial charge in [-0.25, -0.2) is 5.01 Å². The van der Waals surface area contributed by atoms with E-state index in [0.29, 0.717) is 0 Å². The molecule has 0 aromatic carbocycles. The highest BCUT2D eigenvalue weighted by Gasteiger charge is 2.38. The molecule has 0 N–H and O–H groups in total. The maximum Gasteiger partial charge on any atom is 0.0584 e. The van der Waals surface area contributed by atoms with Crippen molar-refractivity contribution in [1.82, 2.24) is 10.0 Å². The number of allylic oxidation sites excluding steroid dienone is 3. The largest absolute Gasteiger partial charge is 0.281 e. The van der Waals surface area contributed by atoms with E-state index < -0.39 is 0 Å². The van der Waals surface area contributed by atoms with E-state index in [1.54, 1.807) is 0 Å². The first-order valence-corrected chi connectivity index (χ1v) is 6.36. The molecule has 2 aliphatic rings. The molecule has 2 heteroatoms. The van der Waals surface area contributed by atoms with E-state index in [0.717, 1.165) is 6.54 Å². The van der Waals surface area contributed by atoms with Crippen LogP contribution in [0.4, 0.5) is 0 Å². The van der Waals surface area contributed by atoms with Gasteiger partial charge in [-0.1, -0.05) is 26.8 Å². The van der Waals surface area contributed by atoms with Crippen LogP contribution >= 0.6 is 0 Å². The van der Waals surface area contributed by atoms with Crippen molar-refractivity contribution in [2.45, 2.75) is 47.1 Å². The minimum atomic E-state index is 0.147. The highest BCUT2D eigenvalue weighted by Crippen LogP contribution is 2.40. The van der Waals surface area contributed by atoms with Crippen LogP contribution < -0.4 is 0 Å². The van der Waals surface area contributed by atoms with E-state index >= 15 is 0 Å². The highest BCUT2D eigenvalue weighted by atomic mass is 15.7. The second-order valence-corrected chi connectivity index (χ2v) is 6.89. The molecular formula is C15H24N2. The maximum absolute atomic E-state index is 2.43. The van der Waals surface area contributed by atoms with Crippen molar-refractivity contribution in [2.75, 3.05) is 6.54 Å². The van der Waals surface area contributed by atoms with Crippen molar-refractivity contribution in [3.63, 3.8) is 0 Å². The summed E-state index contributed by atoms with van der Waals surface area (Å²) in [7, 11) is 0. The van der Waals surface area contributed by atoms with Gasteiger partial charge >= 0.3 is 0 Å². The SMILES string of the molecule is CC(C)(C)C1=C2C=CC=CN2N(C(C)(C)C)C1. The van der Waals surface area contributed by atoms with Gasteiger partial charge in [0, 0.05) is 18.3 Å². The Morgan fingerprint density at radius 3 is 2.18 bits per heavy atom. The first-order chi connectivity index (χ1) is 7.71. The second kappa shape index (κ2) is 3.74. The van der Waals surface area contributed by atoms with Crippen molar-refractivity contribution in [3.05, 3.63) is 35.7 Å². The third-order valence-corrected chi connectivity index (χ3v) is 3.40. The fourth-order valence-corrected chi connectivity index (χ4v) is 2.37. The van der Waals surface area contributed by atoms with Gasteiger partial charge in [-0.05, 0) is 43.9 Å². The lowest BCUT2D eigenvalue weighted by atomic mass is 9.85. The highest BCUT2D eigenvalue weighted by molar-refractivity contribution is 5.38. The molecule has 0 saturated carbocycles. The zero-order valence-corrected chi connectivity index (χ0v) is 11.9. The van der Waals surface area contributed by atoms with Crippen LogP contribution in [0.25, 0.3) is 0 Å². The number of rotatable bonds is 0. The number of hydrogen-bond acceptors (Lipinski definition) is 2. The Kier molecular flexibility index (Phi) is 2.74. The first kappa shape index (κ1) is 12.4. The van der Waals surface area contributed by atoms with Gasteiger partial charge in [-0.15, -0.1) is 0 Å². The average molecular weight is 232 g/mol. The molecular weight excluding hydrogens is 208 g/mol. The lowest BCUT2D eigenvalue weighted by molar-refractivity contribution is -0.00150. The predicted molar refractivity (Wildman–Crippen MR) is 73.1 cm³/mol. The molecule has 0 fully saturated rings. The van der Waals surface area contributed by atoms with Crippen LogP contribution in [0.1, 0.15) is 41.5 Å². The van der Waals surface area contributed by atoms with Crippen molar-refractivity contribution in [1.29, 1.82) is 0 Å². The van der Waals surface area contributed by atoms with Gasteiger partial charge in [-0.3, -0.25) is 5.01 Å². The summed E-state index contributed by atoms with van der Waals surface area (Å²) in [5, 5.41) is 4.74. The van der Waals surface area contributed by atoms with E-state index in [4.69, 9.17) is 0 Å². The maximum atomic E-state index is 2.43. The normalized spacial score (nSPS) is 21.4. The standard InChI is InChI=1S/C15H24N2/c1-14(2,3)12-11-17(15(4,5)6)16-10-8-7-9-13(12)16/h7-10H,11H2,1-6H3. The van der Waals surface area contributed by atoms with Gasteiger partial charge in [0.15, 0.2) is 0 Å². The van der Waals surface area contributed by atoms with Crippen LogP contribution in [0, 0.1) is 5.41 Å². The molecule has 2 heterocycles. The molecule has 0 amide bonds. The number of hydrazine groups is 1. The van der Waals surface area contributed by atoms with E-state index in [1.807, 2.05) is 0 Å². The summed E-state index contributed by atoms with van der Waals surface area (Å²) in [6.45, 7) is 14.7. The van der Waals surface area contributed by atoms with Gasteiger partial charge in [0.05, 0.1) is 5.70 Å². The summed E-state index contributed by atoms with van der Waals surface area (Å²) >= 11 is 0. The number of hydrogen-bond donors (Lipinski definition) is 0. The summed E-state index contributed by atoms with van der Waals surface area (Å²) in [5.74, 6) is 0. The van der Waals surface area contributed by atoms with Crippen molar-refractivity contribution in [3.8, 4) is 0 Å². The van der Waals surface area contributed by atoms with Crippen LogP contribution in [0.5, 0.6) is 0 Å². The molecule has 17 heavy (non-hydrogen) atoms. The molecule has 94 valence electrons. The molecule has 0 aromatic rings. The van der Waals surface area contributed by atoms with Crippen LogP contribution in [0.3, 0.4) is 0 Å². The smallest absolute Gasteiger partial charge is 0.0584 e. The van der Waals surface area contributed by atoms with Crippen LogP contribution in [-0.2, 0) is 0 Å². The van der Waals surface area contributed by atoms with Gasteiger partial charge < -0.3 is 0 Å². The molecule has 0 aliphatic carbocycles. The van der Waals surface area contributed by atoms with Crippen LogP contribution in [0.15, 0.2) is 35.7 Å². The molecule has 2 aliphatic heterocycles. The quantitative estimate of drug-likeness (QED) is 0.628. The van der Waals surface area contributed by atoms with E-state index in [-0.39, 0.29) is 11.0 Å². The summed E-state index contributed by atoms with van der Waals surface area (Å²) in [5.41, 5.74) is 3.25. The summed E-state index contributed by atoms with van der Waals surface area (Å²) < 4.78 is 0. The Morgan fingerprint density at radius 1 is 1.00 bits per heavy atom. The second-order valence-electron chi connectivity index (χ2n) is 6.89. The Hall–Kier alpha value is -1.02. The molecule has 0 unspecified atom stereocenters. The Morgan fingerprint density at radius 2 is 1.65 bits per heavy atom. The summed E-state index contributed by atoms with van der Waals surface area (Å²) in [4.78, 5) is 0. The molecule has 2 nitrogen and oxygen atoms in total. The molecule has 0 saturated heterocycles. The summed E-state index contributed by atoms with van der Waals surface area (Å²) in [6, 6.07) is 0. The monoisotopic (exact) mass is 232 g/mol. The zero-order chi connectivity index (χ0) is 12.8. The van der Waals surface area contributed by atoms with Gasteiger partial charge in [-0.2, -0.15) is 0 Å². The molecule has 2 rings (SSSR count). The van der Waals surface area contributed by atoms with Gasteiger partial charge in [0.25, 0.3) is 0 Å². The third-order valence-electron chi connectivity index (χ3n) is 3.40. The summed E-state index contributed by atoms with van der Waals surface area (Å²) in [6.07, 6.45) is 8.63. The van der Waals surface area contributed by atoms with Gasteiger partial charge in [0.2, 0.25) is 0 Å². The van der Waals surface area contributed by atoms with Crippen molar-refractivity contribution >= 4 is 0 Å². The average Bonchev–Trinajstić information content (AvgIpc) is 2.55. The van der Waals surface area contributed by atoms with E-state index in [1.165, 1.54) is 11.3 Å². The minimum Gasteiger partial charge on any atom is -0.281 e. The van der Waals surface area contributed by atoms with Crippen molar-refractivity contribution in [2.24, 2.45) is 5.41 Å². The minimum absolute atomic E-state index is 0.147. The van der Waals surface area contributed by atoms with E-state index in [2.05, 4.69) is 76.0 Å². The topological polar surface area (TPSA) is 6.48 Å². The van der Waals surface area contributed by atoms with Gasteiger partial charge in [0.1, 0.15) is 0 Å². The van der Waals surface area contributed by atoms with Crippen molar-refractivity contribution < 1.29 is 0 Å². The molecule has 0 atom stereocenters. The fraction of sp³-hybridized carbons (Fsp3) is 0.600. The molecule has 0 aromatic heterocycles. The molecule has 0 radical (unpaired) electrons. The van der Waals surface area contributed by atoms with E-state index in [9.17, 15) is 0 Å². The molecule has 0 spiro atoms. The van der Waals surface area contributed by atoms with Crippen LogP contribution in [0.2, 0.25) is 0 Å². The number of fused-ring (bicyclic) bond motifs is 1. The first-order valence-electron chi connectivity index (χ1n) is 6.36. The van der Waals surface area contributed by atoms with Crippen LogP contribution in [-0.4, -0.2) is 22.1 Å². The Balaban J connectivity index is 2.42. The fourth-order valence-electron chi connectivity index (χ4n) is 2.37. The lowest BCUT2D eigenvalue weighted by Crippen LogP contribution is -2.47. The number of nitrogens with zero attached hydrogens (tertiary/aromatic N) is 2. The Bertz CT molecular complexity index is 400.